The van der Waals surface area contributed by atoms with Gasteiger partial charge in [-0.2, -0.15) is 0 Å². The summed E-state index contributed by atoms with van der Waals surface area (Å²) in [5, 5.41) is 2.87. The van der Waals surface area contributed by atoms with E-state index in [-0.39, 0.29) is 29.8 Å². The van der Waals surface area contributed by atoms with Crippen LogP contribution in [0.5, 0.6) is 0 Å². The molecule has 1 heterocycles. The van der Waals surface area contributed by atoms with Gasteiger partial charge in [-0.1, -0.05) is 38.8 Å². The first-order valence-electron chi connectivity index (χ1n) is 7.12. The van der Waals surface area contributed by atoms with Crippen LogP contribution in [0.3, 0.4) is 0 Å². The lowest BCUT2D eigenvalue weighted by Crippen LogP contribution is -2.64. The van der Waals surface area contributed by atoms with Crippen molar-refractivity contribution in [2.24, 2.45) is 5.92 Å². The Morgan fingerprint density at radius 3 is 2.47 bits per heavy atom. The topological polar surface area (TPSA) is 49.4 Å². The Hall–Kier alpha value is -1.32. The standard InChI is InChI=1S/C15H26N2O2/c1-6-7-12-14(18)16-13(11(4)5)15(19)17(12)9-8-10(2)3/h8,11-13H,6-7,9H2,1-5H3,(H,16,18). The summed E-state index contributed by atoms with van der Waals surface area (Å²) in [6, 6.07) is -0.700. The van der Waals surface area contributed by atoms with Crippen molar-refractivity contribution >= 4 is 11.8 Å². The number of allylic oxidation sites excluding steroid dienone is 1. The van der Waals surface area contributed by atoms with E-state index in [4.69, 9.17) is 0 Å². The van der Waals surface area contributed by atoms with E-state index in [1.807, 2.05) is 40.7 Å². The molecule has 0 radical (unpaired) electrons. The smallest absolute Gasteiger partial charge is 0.246 e. The van der Waals surface area contributed by atoms with Gasteiger partial charge in [0.15, 0.2) is 0 Å². The summed E-state index contributed by atoms with van der Waals surface area (Å²) in [5.41, 5.74) is 1.16. The van der Waals surface area contributed by atoms with Crippen LogP contribution in [0.15, 0.2) is 11.6 Å². The normalized spacial score (nSPS) is 23.6. The molecule has 1 aliphatic rings. The number of amides is 2. The molecule has 4 nitrogen and oxygen atoms in total. The van der Waals surface area contributed by atoms with E-state index < -0.39 is 0 Å². The third-order valence-corrected chi connectivity index (χ3v) is 3.45. The molecular weight excluding hydrogens is 240 g/mol. The van der Waals surface area contributed by atoms with E-state index in [1.165, 1.54) is 0 Å². The van der Waals surface area contributed by atoms with Crippen LogP contribution in [0.1, 0.15) is 47.5 Å². The van der Waals surface area contributed by atoms with Crippen molar-refractivity contribution in [2.75, 3.05) is 6.54 Å². The molecule has 2 amide bonds. The number of carbonyl (C=O) groups is 2. The fourth-order valence-electron chi connectivity index (χ4n) is 2.30. The van der Waals surface area contributed by atoms with Crippen LogP contribution in [0, 0.1) is 5.92 Å². The lowest BCUT2D eigenvalue weighted by Gasteiger charge is -2.40. The Morgan fingerprint density at radius 2 is 2.00 bits per heavy atom. The predicted molar refractivity (Wildman–Crippen MR) is 76.6 cm³/mol. The van der Waals surface area contributed by atoms with Gasteiger partial charge in [-0.3, -0.25) is 9.59 Å². The Balaban J connectivity index is 2.96. The van der Waals surface area contributed by atoms with E-state index in [0.717, 1.165) is 18.4 Å². The number of nitrogens with zero attached hydrogens (tertiary/aromatic N) is 1. The highest BCUT2D eigenvalue weighted by Crippen LogP contribution is 2.18. The van der Waals surface area contributed by atoms with Crippen LogP contribution in [-0.4, -0.2) is 35.3 Å². The van der Waals surface area contributed by atoms with Crippen molar-refractivity contribution < 1.29 is 9.59 Å². The molecule has 0 spiro atoms. The number of nitrogens with one attached hydrogen (secondary N) is 1. The van der Waals surface area contributed by atoms with Crippen molar-refractivity contribution in [2.45, 2.75) is 59.5 Å². The summed E-state index contributed by atoms with van der Waals surface area (Å²) >= 11 is 0. The van der Waals surface area contributed by atoms with E-state index in [0.29, 0.717) is 6.54 Å². The molecule has 2 atom stereocenters. The first-order chi connectivity index (χ1) is 8.88. The zero-order valence-electron chi connectivity index (χ0n) is 12.7. The minimum atomic E-state index is -0.383. The van der Waals surface area contributed by atoms with Gasteiger partial charge in [-0.15, -0.1) is 0 Å². The molecule has 1 fully saturated rings. The Labute approximate surface area is 116 Å². The van der Waals surface area contributed by atoms with E-state index >= 15 is 0 Å². The van der Waals surface area contributed by atoms with Crippen molar-refractivity contribution in [3.8, 4) is 0 Å². The van der Waals surface area contributed by atoms with Gasteiger partial charge >= 0.3 is 0 Å². The second-order valence-electron chi connectivity index (χ2n) is 5.81. The highest BCUT2D eigenvalue weighted by Gasteiger charge is 2.40. The Morgan fingerprint density at radius 1 is 1.37 bits per heavy atom. The fraction of sp³-hybridized carbons (Fsp3) is 0.733. The molecule has 0 aromatic carbocycles. The Bertz CT molecular complexity index is 370. The van der Waals surface area contributed by atoms with Crippen LogP contribution >= 0.6 is 0 Å². The number of piperazine rings is 1. The van der Waals surface area contributed by atoms with Crippen molar-refractivity contribution in [1.29, 1.82) is 0 Å². The SMILES string of the molecule is CCCC1C(=O)NC(C(C)C)C(=O)N1CC=C(C)C. The second-order valence-corrected chi connectivity index (χ2v) is 5.81. The van der Waals surface area contributed by atoms with Crippen LogP contribution < -0.4 is 5.32 Å². The molecule has 0 aliphatic carbocycles. The molecule has 2 unspecified atom stereocenters. The summed E-state index contributed by atoms with van der Waals surface area (Å²) in [6.45, 7) is 10.5. The summed E-state index contributed by atoms with van der Waals surface area (Å²) < 4.78 is 0. The molecule has 1 saturated heterocycles. The molecule has 1 rings (SSSR count). The van der Waals surface area contributed by atoms with Crippen molar-refractivity contribution in [1.82, 2.24) is 10.2 Å². The molecule has 1 aliphatic heterocycles. The first-order valence-corrected chi connectivity index (χ1v) is 7.12. The summed E-state index contributed by atoms with van der Waals surface area (Å²) in [5.74, 6) is 0.154. The molecule has 0 aromatic heterocycles. The minimum absolute atomic E-state index is 0.0118. The number of hydrogen-bond donors (Lipinski definition) is 1. The van der Waals surface area contributed by atoms with Gasteiger partial charge in [0, 0.05) is 6.54 Å². The maximum Gasteiger partial charge on any atom is 0.246 e. The maximum atomic E-state index is 12.5. The first kappa shape index (κ1) is 15.7. The third-order valence-electron chi connectivity index (χ3n) is 3.45. The highest BCUT2D eigenvalue weighted by molar-refractivity contribution is 5.97. The van der Waals surface area contributed by atoms with Gasteiger partial charge in [-0.05, 0) is 26.2 Å². The number of hydrogen-bond acceptors (Lipinski definition) is 2. The number of carbonyl (C=O) groups excluding carboxylic acids is 2. The summed E-state index contributed by atoms with van der Waals surface area (Å²) in [6.07, 6.45) is 3.62. The quantitative estimate of drug-likeness (QED) is 0.775. The van der Waals surface area contributed by atoms with Gasteiger partial charge in [0.05, 0.1) is 0 Å². The van der Waals surface area contributed by atoms with Gasteiger partial charge < -0.3 is 10.2 Å². The van der Waals surface area contributed by atoms with Crippen LogP contribution in [0.25, 0.3) is 0 Å². The van der Waals surface area contributed by atoms with Crippen LogP contribution in [0.4, 0.5) is 0 Å². The van der Waals surface area contributed by atoms with Gasteiger partial charge in [0.1, 0.15) is 12.1 Å². The number of rotatable bonds is 5. The van der Waals surface area contributed by atoms with Crippen molar-refractivity contribution in [3.05, 3.63) is 11.6 Å². The van der Waals surface area contributed by atoms with Crippen LogP contribution in [-0.2, 0) is 9.59 Å². The average Bonchev–Trinajstić information content (AvgIpc) is 2.32. The fourth-order valence-corrected chi connectivity index (χ4v) is 2.30. The minimum Gasteiger partial charge on any atom is -0.342 e. The molecule has 19 heavy (non-hydrogen) atoms. The van der Waals surface area contributed by atoms with E-state index in [9.17, 15) is 9.59 Å². The van der Waals surface area contributed by atoms with E-state index in [1.54, 1.807) is 4.90 Å². The maximum absolute atomic E-state index is 12.5. The summed E-state index contributed by atoms with van der Waals surface area (Å²) in [4.78, 5) is 26.4. The predicted octanol–water partition coefficient (Wildman–Crippen LogP) is 2.10. The van der Waals surface area contributed by atoms with Crippen LogP contribution in [0.2, 0.25) is 0 Å². The molecule has 0 bridgehead atoms. The van der Waals surface area contributed by atoms with Gasteiger partial charge in [0.2, 0.25) is 11.8 Å². The monoisotopic (exact) mass is 266 g/mol. The zero-order chi connectivity index (χ0) is 14.6. The lowest BCUT2D eigenvalue weighted by molar-refractivity contribution is -0.150. The molecule has 0 saturated carbocycles. The van der Waals surface area contributed by atoms with E-state index in [2.05, 4.69) is 5.32 Å². The average molecular weight is 266 g/mol. The van der Waals surface area contributed by atoms with Gasteiger partial charge in [-0.25, -0.2) is 0 Å². The molecule has 4 heteroatoms. The highest BCUT2D eigenvalue weighted by atomic mass is 16.2. The largest absolute Gasteiger partial charge is 0.342 e. The summed E-state index contributed by atoms with van der Waals surface area (Å²) in [7, 11) is 0. The zero-order valence-corrected chi connectivity index (χ0v) is 12.7. The van der Waals surface area contributed by atoms with Gasteiger partial charge in [0.25, 0.3) is 0 Å². The molecule has 108 valence electrons. The lowest BCUT2D eigenvalue weighted by atomic mass is 9.96. The molecule has 1 N–H and O–H groups in total. The third kappa shape index (κ3) is 3.82. The Kier molecular flexibility index (Phi) is 5.58. The molecular formula is C15H26N2O2. The second kappa shape index (κ2) is 6.73. The van der Waals surface area contributed by atoms with Crippen molar-refractivity contribution in [3.63, 3.8) is 0 Å². The molecule has 0 aromatic rings.